The fourth-order valence-corrected chi connectivity index (χ4v) is 8.91. The van der Waals surface area contributed by atoms with Gasteiger partial charge in [0.15, 0.2) is 0 Å². The summed E-state index contributed by atoms with van der Waals surface area (Å²) in [5.41, 5.74) is 6.42. The van der Waals surface area contributed by atoms with E-state index in [1.807, 2.05) is 74.3 Å². The average molecular weight is 885 g/mol. The Bertz CT molecular complexity index is 2390. The minimum Gasteiger partial charge on any atom is -0.465 e. The molecule has 0 bridgehead atoms. The van der Waals surface area contributed by atoms with Gasteiger partial charge in [0.05, 0.1) is 42.5 Å². The van der Waals surface area contributed by atoms with Gasteiger partial charge in [-0.25, -0.2) is 14.8 Å². The number of carboxylic acid groups (broad SMARTS) is 1. The van der Waals surface area contributed by atoms with Crippen LogP contribution in [0.25, 0.3) is 33.6 Å². The Morgan fingerprint density at radius 3 is 1.78 bits per heavy atom. The number of rotatable bonds is 14. The van der Waals surface area contributed by atoms with Gasteiger partial charge in [0.25, 0.3) is 0 Å². The second-order valence-corrected chi connectivity index (χ2v) is 18.8. The van der Waals surface area contributed by atoms with Gasteiger partial charge in [-0.05, 0) is 78.7 Å². The average Bonchev–Trinajstić information content (AvgIpc) is 3.61. The number of imidazole rings is 2. The number of ether oxygens (including phenoxy) is 1. The molecule has 5 aromatic rings. The van der Waals surface area contributed by atoms with Crippen molar-refractivity contribution in [2.45, 2.75) is 104 Å². The number of aromatic amines is 2. The van der Waals surface area contributed by atoms with E-state index in [0.717, 1.165) is 70.8 Å². The van der Waals surface area contributed by atoms with Crippen LogP contribution in [0.15, 0.2) is 91.3 Å². The number of hydrogen-bond donors (Lipinski definition) is 5. The molecule has 3 fully saturated rings. The second-order valence-electron chi connectivity index (χ2n) is 18.8. The predicted octanol–water partition coefficient (Wildman–Crippen LogP) is 8.94. The monoisotopic (exact) mass is 884 g/mol. The van der Waals surface area contributed by atoms with Gasteiger partial charge in [0, 0.05) is 31.5 Å². The first-order chi connectivity index (χ1) is 31.2. The first-order valence-electron chi connectivity index (χ1n) is 23.0. The van der Waals surface area contributed by atoms with Crippen molar-refractivity contribution in [1.82, 2.24) is 40.4 Å². The summed E-state index contributed by atoms with van der Waals surface area (Å²) in [6.45, 7) is 13.2. The van der Waals surface area contributed by atoms with Crippen LogP contribution >= 0.6 is 0 Å². The third kappa shape index (κ3) is 11.2. The third-order valence-corrected chi connectivity index (χ3v) is 12.4. The number of carbonyl (C=O) groups is 4. The lowest BCUT2D eigenvalue weighted by atomic mass is 10.0. The number of methoxy groups -OCH3 is 1. The summed E-state index contributed by atoms with van der Waals surface area (Å²) in [6.07, 6.45) is 6.29. The minimum absolute atomic E-state index is 0.0290. The zero-order valence-corrected chi connectivity index (χ0v) is 38.6. The normalized spacial score (nSPS) is 20.3. The lowest BCUT2D eigenvalue weighted by Crippen LogP contribution is -2.52. The van der Waals surface area contributed by atoms with Crippen molar-refractivity contribution in [3.8, 4) is 33.6 Å². The highest BCUT2D eigenvalue weighted by Gasteiger charge is 2.43. The van der Waals surface area contributed by atoms with Gasteiger partial charge in [0.1, 0.15) is 23.7 Å². The number of nitrogens with zero attached hydrogens (tertiary/aromatic N) is 4. The molecule has 14 nitrogen and oxygen atoms in total. The molecule has 3 aliphatic rings. The number of aromatic nitrogens is 4. The molecule has 3 aromatic carbocycles. The summed E-state index contributed by atoms with van der Waals surface area (Å²) in [7, 11) is 1.67. The summed E-state index contributed by atoms with van der Waals surface area (Å²) >= 11 is 0. The summed E-state index contributed by atoms with van der Waals surface area (Å²) < 4.78 is 5.52. The highest BCUT2D eigenvalue weighted by Crippen LogP contribution is 2.39. The molecular weight excluding hydrogens is 821 g/mol. The van der Waals surface area contributed by atoms with E-state index in [1.165, 1.54) is 0 Å². The van der Waals surface area contributed by atoms with Crippen molar-refractivity contribution in [3.05, 3.63) is 108 Å². The van der Waals surface area contributed by atoms with Crippen LogP contribution in [0, 0.1) is 23.7 Å². The van der Waals surface area contributed by atoms with Crippen LogP contribution < -0.4 is 10.6 Å². The van der Waals surface area contributed by atoms with Crippen molar-refractivity contribution in [1.29, 1.82) is 0 Å². The summed E-state index contributed by atoms with van der Waals surface area (Å²) in [5, 5.41) is 14.8. The quantitative estimate of drug-likeness (QED) is 0.0732. The maximum Gasteiger partial charge on any atom is 0.405 e. The molecule has 4 amide bonds. The van der Waals surface area contributed by atoms with Crippen molar-refractivity contribution < 1.29 is 29.0 Å². The van der Waals surface area contributed by atoms with E-state index in [-0.39, 0.29) is 53.6 Å². The molecule has 2 aliphatic heterocycles. The second kappa shape index (κ2) is 20.7. The highest BCUT2D eigenvalue weighted by molar-refractivity contribution is 5.91. The molecule has 2 aromatic heterocycles. The standard InChI is InChI=1S/C47H54N8O6.C4H10/c1-27(2)40(53-47(59)60)46(58)55-28(3)10-21-38(55)42-48-23-36(50-42)32-15-11-30(12-16-32)31-13-17-33(18-14-31)37-24-49-43(51-37)39-22-29(26-61-4)25-54(39)45(57)41(34-8-6-5-7-9-34)52-44(56)35-19-20-35;1-4(2)3/h5-9,11-18,23-24,27-29,35,38-41,53H,10,19-22,25-26H2,1-4H3,(H,48,50)(H,49,51)(H,52,56)(H,59,60);4H,1-3H3/t28-,29-,38-,39-,40-,41+;/m0./s1. The number of hydrogen-bond acceptors (Lipinski definition) is 7. The number of H-pyrrole nitrogens is 2. The first kappa shape index (κ1) is 46.7. The molecule has 1 aliphatic carbocycles. The predicted molar refractivity (Wildman–Crippen MR) is 250 cm³/mol. The maximum absolute atomic E-state index is 14.4. The minimum atomic E-state index is -1.22. The molecule has 5 N–H and O–H groups in total. The highest BCUT2D eigenvalue weighted by atomic mass is 16.5. The molecule has 8 rings (SSSR count). The van der Waals surface area contributed by atoms with Crippen LogP contribution in [0.1, 0.15) is 109 Å². The first-order valence-corrected chi connectivity index (χ1v) is 23.0. The molecule has 0 unspecified atom stereocenters. The Labute approximate surface area is 382 Å². The van der Waals surface area contributed by atoms with Crippen molar-refractivity contribution in [2.24, 2.45) is 23.7 Å². The van der Waals surface area contributed by atoms with Gasteiger partial charge in [0.2, 0.25) is 17.7 Å². The van der Waals surface area contributed by atoms with Gasteiger partial charge in [-0.3, -0.25) is 14.4 Å². The Hall–Kier alpha value is -6.28. The Morgan fingerprint density at radius 1 is 0.738 bits per heavy atom. The lowest BCUT2D eigenvalue weighted by molar-refractivity contribution is -0.138. The molecule has 65 heavy (non-hydrogen) atoms. The van der Waals surface area contributed by atoms with Crippen molar-refractivity contribution in [3.63, 3.8) is 0 Å². The van der Waals surface area contributed by atoms with Crippen LogP contribution in [-0.4, -0.2) is 91.0 Å². The van der Waals surface area contributed by atoms with Gasteiger partial charge in [-0.1, -0.05) is 113 Å². The van der Waals surface area contributed by atoms with Crippen LogP contribution in [0.3, 0.4) is 0 Å². The number of carbonyl (C=O) groups excluding carboxylic acids is 3. The fraction of sp³-hybridized carbons (Fsp3) is 0.451. The number of nitrogens with one attached hydrogen (secondary N) is 4. The molecule has 0 spiro atoms. The van der Waals surface area contributed by atoms with E-state index in [4.69, 9.17) is 9.72 Å². The van der Waals surface area contributed by atoms with E-state index in [1.54, 1.807) is 18.2 Å². The van der Waals surface area contributed by atoms with Crippen LogP contribution in [0.2, 0.25) is 0 Å². The van der Waals surface area contributed by atoms with Crippen LogP contribution in [0.5, 0.6) is 0 Å². The lowest BCUT2D eigenvalue weighted by Gasteiger charge is -2.32. The largest absolute Gasteiger partial charge is 0.465 e. The molecule has 4 heterocycles. The smallest absolute Gasteiger partial charge is 0.405 e. The number of likely N-dealkylation sites (tertiary alicyclic amines) is 2. The van der Waals surface area contributed by atoms with Gasteiger partial charge >= 0.3 is 6.09 Å². The SMILES string of the molecule is CC(C)C.COC[C@H]1C[C@@H](c2ncc(-c3ccc(-c4ccc(-c5cnc([C@@H]6CC[C@H](C)N6C(=O)[C@@H](NC(=O)O)C(C)C)[nH]5)cc4)cc3)[nH]2)N(C(=O)[C@H](NC(=O)C2CC2)c2ccccc2)C1. The van der Waals surface area contributed by atoms with E-state index >= 15 is 0 Å². The van der Waals surface area contributed by atoms with E-state index in [9.17, 15) is 24.3 Å². The van der Waals surface area contributed by atoms with E-state index in [0.29, 0.717) is 31.2 Å². The van der Waals surface area contributed by atoms with Crippen LogP contribution in [-0.2, 0) is 19.1 Å². The fourth-order valence-electron chi connectivity index (χ4n) is 8.91. The van der Waals surface area contributed by atoms with Crippen LogP contribution in [0.4, 0.5) is 4.79 Å². The zero-order valence-electron chi connectivity index (χ0n) is 38.6. The molecular formula is C51H64N8O6. The molecule has 1 saturated carbocycles. The number of benzene rings is 3. The molecule has 6 atom stereocenters. The Kier molecular flexibility index (Phi) is 14.9. The topological polar surface area (TPSA) is 186 Å². The van der Waals surface area contributed by atoms with E-state index < -0.39 is 18.2 Å². The summed E-state index contributed by atoms with van der Waals surface area (Å²) in [5.74, 6) is 1.63. The molecule has 14 heteroatoms. The zero-order chi connectivity index (χ0) is 46.4. The molecule has 0 radical (unpaired) electrons. The van der Waals surface area contributed by atoms with Gasteiger partial charge < -0.3 is 40.2 Å². The molecule has 2 saturated heterocycles. The van der Waals surface area contributed by atoms with Gasteiger partial charge in [-0.15, -0.1) is 0 Å². The maximum atomic E-state index is 14.4. The van der Waals surface area contributed by atoms with Crippen molar-refractivity contribution in [2.75, 3.05) is 20.3 Å². The Morgan fingerprint density at radius 2 is 1.28 bits per heavy atom. The van der Waals surface area contributed by atoms with E-state index in [2.05, 4.69) is 82.8 Å². The number of amides is 4. The summed E-state index contributed by atoms with van der Waals surface area (Å²) in [6, 6.07) is 23.6. The summed E-state index contributed by atoms with van der Waals surface area (Å²) in [4.78, 5) is 72.5. The van der Waals surface area contributed by atoms with Crippen molar-refractivity contribution >= 4 is 23.8 Å². The molecule has 344 valence electrons. The third-order valence-electron chi connectivity index (χ3n) is 12.4. The Balaban J connectivity index is 0.00000151. The van der Waals surface area contributed by atoms with Gasteiger partial charge in [-0.2, -0.15) is 0 Å².